The Kier molecular flexibility index (Phi) is 3.29. The fraction of sp³-hybridized carbons (Fsp3) is 0.294. The second-order valence-corrected chi connectivity index (χ2v) is 5.87. The molecule has 0 bridgehead atoms. The number of aryl methyl sites for hydroxylation is 2. The highest BCUT2D eigenvalue weighted by Crippen LogP contribution is 2.16. The second kappa shape index (κ2) is 5.46. The maximum Gasteiger partial charge on any atom is 0.270 e. The minimum atomic E-state index is -0.130. The van der Waals surface area contributed by atoms with Crippen LogP contribution in [0.4, 0.5) is 0 Å². The largest absolute Gasteiger partial charge is 0.346 e. The molecule has 2 aromatic heterocycles. The Labute approximate surface area is 133 Å². The third-order valence-corrected chi connectivity index (χ3v) is 4.30. The van der Waals surface area contributed by atoms with Crippen LogP contribution in [0, 0.1) is 6.92 Å². The fourth-order valence-electron chi connectivity index (χ4n) is 3.03. The van der Waals surface area contributed by atoms with Gasteiger partial charge in [-0.3, -0.25) is 4.79 Å². The van der Waals surface area contributed by atoms with Crippen molar-refractivity contribution in [2.24, 2.45) is 0 Å². The van der Waals surface area contributed by atoms with Gasteiger partial charge in [0.15, 0.2) is 0 Å². The molecule has 0 aliphatic carbocycles. The molecule has 3 heterocycles. The van der Waals surface area contributed by atoms with Crippen LogP contribution in [-0.2, 0) is 13.0 Å². The Morgan fingerprint density at radius 3 is 3.00 bits per heavy atom. The lowest BCUT2D eigenvalue weighted by Gasteiger charge is -2.24. The number of nitrogens with one attached hydrogen (secondary N) is 1. The van der Waals surface area contributed by atoms with Gasteiger partial charge in [-0.25, -0.2) is 4.98 Å². The summed E-state index contributed by atoms with van der Waals surface area (Å²) < 4.78 is 2.07. The first kappa shape index (κ1) is 13.9. The van der Waals surface area contributed by atoms with E-state index in [-0.39, 0.29) is 11.9 Å². The number of nitrogens with zero attached hydrogens (tertiary/aromatic N) is 4. The SMILES string of the molecule is Cc1nnc2n1C[C@H](NC(=O)c1ccc3ccccc3n1)CC2. The number of fused-ring (bicyclic) bond motifs is 2. The zero-order valence-electron chi connectivity index (χ0n) is 12.9. The number of para-hydroxylation sites is 1. The first-order valence-corrected chi connectivity index (χ1v) is 7.76. The van der Waals surface area contributed by atoms with Crippen molar-refractivity contribution in [1.29, 1.82) is 0 Å². The molecule has 23 heavy (non-hydrogen) atoms. The zero-order chi connectivity index (χ0) is 15.8. The summed E-state index contributed by atoms with van der Waals surface area (Å²) in [4.78, 5) is 16.9. The maximum atomic E-state index is 12.5. The van der Waals surface area contributed by atoms with E-state index in [9.17, 15) is 4.79 Å². The lowest BCUT2D eigenvalue weighted by molar-refractivity contribution is 0.0922. The van der Waals surface area contributed by atoms with Crippen molar-refractivity contribution in [3.8, 4) is 0 Å². The number of hydrogen-bond acceptors (Lipinski definition) is 4. The van der Waals surface area contributed by atoms with E-state index < -0.39 is 0 Å². The van der Waals surface area contributed by atoms with Crippen molar-refractivity contribution >= 4 is 16.8 Å². The van der Waals surface area contributed by atoms with E-state index in [0.29, 0.717) is 12.2 Å². The number of benzene rings is 1. The van der Waals surface area contributed by atoms with Gasteiger partial charge in [-0.15, -0.1) is 10.2 Å². The van der Waals surface area contributed by atoms with Gasteiger partial charge in [0.25, 0.3) is 5.91 Å². The Morgan fingerprint density at radius 2 is 2.09 bits per heavy atom. The topological polar surface area (TPSA) is 72.7 Å². The smallest absolute Gasteiger partial charge is 0.270 e. The van der Waals surface area contributed by atoms with Crippen LogP contribution in [-0.4, -0.2) is 31.7 Å². The van der Waals surface area contributed by atoms with E-state index in [1.165, 1.54) is 0 Å². The lowest BCUT2D eigenvalue weighted by Crippen LogP contribution is -2.41. The first-order chi connectivity index (χ1) is 11.2. The molecule has 0 spiro atoms. The Balaban J connectivity index is 1.52. The molecule has 1 aliphatic rings. The molecular formula is C17H17N5O. The van der Waals surface area contributed by atoms with Gasteiger partial charge in [0.05, 0.1) is 5.52 Å². The summed E-state index contributed by atoms with van der Waals surface area (Å²) in [6, 6.07) is 11.6. The molecule has 0 saturated carbocycles. The van der Waals surface area contributed by atoms with Gasteiger partial charge in [0.2, 0.25) is 0 Å². The average molecular weight is 307 g/mol. The Morgan fingerprint density at radius 1 is 1.22 bits per heavy atom. The number of rotatable bonds is 2. The molecule has 3 aromatic rings. The summed E-state index contributed by atoms with van der Waals surface area (Å²) in [6.07, 6.45) is 1.70. The van der Waals surface area contributed by atoms with Crippen LogP contribution >= 0.6 is 0 Å². The van der Waals surface area contributed by atoms with E-state index in [1.807, 2.05) is 37.3 Å². The molecule has 0 radical (unpaired) electrons. The van der Waals surface area contributed by atoms with E-state index >= 15 is 0 Å². The molecule has 6 nitrogen and oxygen atoms in total. The highest BCUT2D eigenvalue weighted by molar-refractivity contribution is 5.95. The molecule has 0 saturated heterocycles. The summed E-state index contributed by atoms with van der Waals surface area (Å²) in [5.74, 6) is 1.76. The molecule has 1 N–H and O–H groups in total. The molecular weight excluding hydrogens is 290 g/mol. The number of hydrogen-bond donors (Lipinski definition) is 1. The number of aromatic nitrogens is 4. The predicted molar refractivity (Wildman–Crippen MR) is 86.1 cm³/mol. The molecule has 4 rings (SSSR count). The number of carbonyl (C=O) groups is 1. The fourth-order valence-corrected chi connectivity index (χ4v) is 3.03. The molecule has 116 valence electrons. The normalized spacial score (nSPS) is 17.0. The first-order valence-electron chi connectivity index (χ1n) is 7.76. The Hall–Kier alpha value is -2.76. The van der Waals surface area contributed by atoms with Crippen molar-refractivity contribution in [3.05, 3.63) is 53.7 Å². The third-order valence-electron chi connectivity index (χ3n) is 4.30. The highest BCUT2D eigenvalue weighted by Gasteiger charge is 2.23. The van der Waals surface area contributed by atoms with Crippen LogP contribution in [0.1, 0.15) is 28.6 Å². The molecule has 1 amide bonds. The van der Waals surface area contributed by atoms with Gasteiger partial charge in [-0.1, -0.05) is 24.3 Å². The van der Waals surface area contributed by atoms with E-state index in [4.69, 9.17) is 0 Å². The Bertz CT molecular complexity index is 886. The van der Waals surface area contributed by atoms with Crippen LogP contribution in [0.15, 0.2) is 36.4 Å². The predicted octanol–water partition coefficient (Wildman–Crippen LogP) is 1.88. The number of carbonyl (C=O) groups excluding carboxylic acids is 1. The minimum Gasteiger partial charge on any atom is -0.346 e. The van der Waals surface area contributed by atoms with Gasteiger partial charge in [0, 0.05) is 24.4 Å². The highest BCUT2D eigenvalue weighted by atomic mass is 16.1. The molecule has 6 heteroatoms. The van der Waals surface area contributed by atoms with Gasteiger partial charge >= 0.3 is 0 Å². The van der Waals surface area contributed by atoms with Gasteiger partial charge < -0.3 is 9.88 Å². The maximum absolute atomic E-state index is 12.5. The van der Waals surface area contributed by atoms with Crippen LogP contribution in [0.25, 0.3) is 10.9 Å². The zero-order valence-corrected chi connectivity index (χ0v) is 12.9. The van der Waals surface area contributed by atoms with Gasteiger partial charge in [0.1, 0.15) is 17.3 Å². The van der Waals surface area contributed by atoms with E-state index in [2.05, 4.69) is 25.1 Å². The molecule has 0 unspecified atom stereocenters. The van der Waals surface area contributed by atoms with Crippen LogP contribution in [0.2, 0.25) is 0 Å². The standard InChI is InChI=1S/C17H17N5O/c1-11-20-21-16-9-7-13(10-22(11)16)18-17(23)15-8-6-12-4-2-3-5-14(12)19-15/h2-6,8,13H,7,9-10H2,1H3,(H,18,23)/t13-/m1/s1. The molecule has 0 fully saturated rings. The van der Waals surface area contributed by atoms with Gasteiger partial charge in [-0.05, 0) is 25.5 Å². The summed E-state index contributed by atoms with van der Waals surface area (Å²) in [6.45, 7) is 2.65. The van der Waals surface area contributed by atoms with Crippen molar-refractivity contribution in [3.63, 3.8) is 0 Å². The summed E-state index contributed by atoms with van der Waals surface area (Å²) >= 11 is 0. The van der Waals surface area contributed by atoms with Crippen molar-refractivity contribution in [1.82, 2.24) is 25.1 Å². The van der Waals surface area contributed by atoms with Crippen LogP contribution in [0.5, 0.6) is 0 Å². The lowest BCUT2D eigenvalue weighted by atomic mass is 10.1. The quantitative estimate of drug-likeness (QED) is 0.784. The number of pyridine rings is 1. The van der Waals surface area contributed by atoms with Crippen LogP contribution in [0.3, 0.4) is 0 Å². The van der Waals surface area contributed by atoms with Crippen molar-refractivity contribution < 1.29 is 4.79 Å². The molecule has 1 aromatic carbocycles. The van der Waals surface area contributed by atoms with Crippen LogP contribution < -0.4 is 5.32 Å². The summed E-state index contributed by atoms with van der Waals surface area (Å²) in [5, 5.41) is 12.4. The molecule has 1 atom stereocenters. The summed E-state index contributed by atoms with van der Waals surface area (Å²) in [7, 11) is 0. The van der Waals surface area contributed by atoms with E-state index in [1.54, 1.807) is 6.07 Å². The second-order valence-electron chi connectivity index (χ2n) is 5.87. The van der Waals surface area contributed by atoms with Crippen molar-refractivity contribution in [2.75, 3.05) is 0 Å². The summed E-state index contributed by atoms with van der Waals surface area (Å²) in [5.41, 5.74) is 1.29. The minimum absolute atomic E-state index is 0.0815. The molecule has 1 aliphatic heterocycles. The monoisotopic (exact) mass is 307 g/mol. The third kappa shape index (κ3) is 2.56. The average Bonchev–Trinajstić information content (AvgIpc) is 2.95. The van der Waals surface area contributed by atoms with Gasteiger partial charge in [-0.2, -0.15) is 0 Å². The van der Waals surface area contributed by atoms with Crippen molar-refractivity contribution in [2.45, 2.75) is 32.4 Å². The van der Waals surface area contributed by atoms with E-state index in [0.717, 1.165) is 35.4 Å². The number of amides is 1.